The van der Waals surface area contributed by atoms with Crippen molar-refractivity contribution in [2.45, 2.75) is 76.9 Å². The maximum absolute atomic E-state index is 12.8. The van der Waals surface area contributed by atoms with Crippen LogP contribution in [-0.4, -0.2) is 33.1 Å². The van der Waals surface area contributed by atoms with Crippen LogP contribution in [0.15, 0.2) is 29.3 Å². The zero-order chi connectivity index (χ0) is 17.2. The van der Waals surface area contributed by atoms with Crippen LogP contribution in [0.2, 0.25) is 0 Å². The molecular weight excluding hydrogens is 310 g/mol. The average Bonchev–Trinajstić information content (AvgIpc) is 3.17. The van der Waals surface area contributed by atoms with Gasteiger partial charge in [0.1, 0.15) is 0 Å². The molecule has 2 fully saturated rings. The van der Waals surface area contributed by atoms with E-state index in [0.717, 1.165) is 35.5 Å². The number of para-hydroxylation sites is 1. The number of nitrogens with zero attached hydrogens (tertiary/aromatic N) is 3. The van der Waals surface area contributed by atoms with E-state index < -0.39 is 0 Å². The van der Waals surface area contributed by atoms with Gasteiger partial charge in [0.25, 0.3) is 5.56 Å². The Kier molecular flexibility index (Phi) is 4.89. The van der Waals surface area contributed by atoms with E-state index in [1.54, 1.807) is 6.33 Å². The van der Waals surface area contributed by atoms with Gasteiger partial charge in [0.2, 0.25) is 0 Å². The van der Waals surface area contributed by atoms with Crippen molar-refractivity contribution in [1.82, 2.24) is 14.5 Å². The van der Waals surface area contributed by atoms with Crippen LogP contribution in [0, 0.1) is 6.92 Å². The summed E-state index contributed by atoms with van der Waals surface area (Å²) in [5, 5.41) is 0.749. The fraction of sp³-hybridized carbons (Fsp3) is 0.619. The molecule has 4 rings (SSSR count). The van der Waals surface area contributed by atoms with Crippen molar-refractivity contribution in [2.24, 2.45) is 0 Å². The van der Waals surface area contributed by atoms with Crippen LogP contribution in [0.1, 0.15) is 56.9 Å². The number of fused-ring (bicyclic) bond motifs is 1. The molecule has 1 saturated heterocycles. The second-order valence-corrected chi connectivity index (χ2v) is 7.83. The minimum Gasteiger partial charge on any atom is -0.299 e. The average molecular weight is 339 g/mol. The molecule has 2 aromatic rings. The van der Waals surface area contributed by atoms with Gasteiger partial charge in [-0.05, 0) is 57.2 Å². The first-order chi connectivity index (χ1) is 12.2. The van der Waals surface area contributed by atoms with Crippen LogP contribution < -0.4 is 5.56 Å². The SMILES string of the molecule is Cc1cccc2c(=O)n(CC[C@@H]3CCCCN3C3CCCC3)cnc12. The first-order valence-corrected chi connectivity index (χ1v) is 9.94. The maximum Gasteiger partial charge on any atom is 0.261 e. The molecule has 0 N–H and O–H groups in total. The van der Waals surface area contributed by atoms with Crippen molar-refractivity contribution in [1.29, 1.82) is 0 Å². The van der Waals surface area contributed by atoms with Crippen LogP contribution in [0.4, 0.5) is 0 Å². The lowest BCUT2D eigenvalue weighted by molar-refractivity contribution is 0.0880. The summed E-state index contributed by atoms with van der Waals surface area (Å²) in [5.74, 6) is 0. The number of hydrogen-bond donors (Lipinski definition) is 0. The van der Waals surface area contributed by atoms with Crippen molar-refractivity contribution in [3.63, 3.8) is 0 Å². The van der Waals surface area contributed by atoms with Gasteiger partial charge < -0.3 is 0 Å². The van der Waals surface area contributed by atoms with Gasteiger partial charge in [-0.2, -0.15) is 0 Å². The Bertz CT molecular complexity index is 791. The van der Waals surface area contributed by atoms with E-state index >= 15 is 0 Å². The topological polar surface area (TPSA) is 38.1 Å². The molecule has 1 aliphatic heterocycles. The lowest BCUT2D eigenvalue weighted by Gasteiger charge is -2.40. The highest BCUT2D eigenvalue weighted by molar-refractivity contribution is 5.80. The molecule has 0 amide bonds. The summed E-state index contributed by atoms with van der Waals surface area (Å²) in [6, 6.07) is 7.30. The van der Waals surface area contributed by atoms with E-state index in [4.69, 9.17) is 0 Å². The first-order valence-electron chi connectivity index (χ1n) is 9.94. The standard InChI is InChI=1S/C21H29N3O/c1-16-7-6-11-19-20(16)22-15-23(21(19)25)14-12-18-10-4-5-13-24(18)17-8-2-3-9-17/h6-7,11,15,17-18H,2-5,8-10,12-14H2,1H3/t18-/m0/s1. The van der Waals surface area contributed by atoms with E-state index in [0.29, 0.717) is 6.04 Å². The Morgan fingerprint density at radius 3 is 2.76 bits per heavy atom. The molecule has 1 atom stereocenters. The number of aromatic nitrogens is 2. The highest BCUT2D eigenvalue weighted by Crippen LogP contribution is 2.30. The number of hydrogen-bond acceptors (Lipinski definition) is 3. The monoisotopic (exact) mass is 339 g/mol. The molecular formula is C21H29N3O. The van der Waals surface area contributed by atoms with Crippen molar-refractivity contribution >= 4 is 10.9 Å². The molecule has 0 spiro atoms. The van der Waals surface area contributed by atoms with E-state index in [1.165, 1.54) is 51.5 Å². The molecule has 1 aromatic carbocycles. The van der Waals surface area contributed by atoms with Crippen molar-refractivity contribution < 1.29 is 0 Å². The molecule has 0 unspecified atom stereocenters. The molecule has 1 aliphatic carbocycles. The lowest BCUT2D eigenvalue weighted by atomic mass is 9.96. The number of benzene rings is 1. The van der Waals surface area contributed by atoms with E-state index in [9.17, 15) is 4.79 Å². The van der Waals surface area contributed by atoms with Gasteiger partial charge in [-0.1, -0.05) is 31.4 Å². The highest BCUT2D eigenvalue weighted by atomic mass is 16.1. The molecule has 0 bridgehead atoms. The quantitative estimate of drug-likeness (QED) is 0.848. The number of likely N-dealkylation sites (tertiary alicyclic amines) is 1. The van der Waals surface area contributed by atoms with Crippen LogP contribution in [0.25, 0.3) is 10.9 Å². The summed E-state index contributed by atoms with van der Waals surface area (Å²) >= 11 is 0. The fourth-order valence-electron chi connectivity index (χ4n) is 4.83. The summed E-state index contributed by atoms with van der Waals surface area (Å²) in [4.78, 5) is 20.1. The lowest BCUT2D eigenvalue weighted by Crippen LogP contribution is -2.45. The third kappa shape index (κ3) is 3.37. The third-order valence-corrected chi connectivity index (χ3v) is 6.22. The normalized spacial score (nSPS) is 22.7. The Labute approximate surface area is 149 Å². The molecule has 1 saturated carbocycles. The second kappa shape index (κ2) is 7.28. The van der Waals surface area contributed by atoms with Crippen LogP contribution >= 0.6 is 0 Å². The molecule has 0 radical (unpaired) electrons. The molecule has 25 heavy (non-hydrogen) atoms. The van der Waals surface area contributed by atoms with E-state index in [2.05, 4.69) is 9.88 Å². The minimum atomic E-state index is 0.108. The summed E-state index contributed by atoms with van der Waals surface area (Å²) in [5.41, 5.74) is 2.02. The highest BCUT2D eigenvalue weighted by Gasteiger charge is 2.30. The molecule has 4 nitrogen and oxygen atoms in total. The Morgan fingerprint density at radius 2 is 1.92 bits per heavy atom. The van der Waals surface area contributed by atoms with E-state index in [1.807, 2.05) is 29.7 Å². The third-order valence-electron chi connectivity index (χ3n) is 6.22. The van der Waals surface area contributed by atoms with Gasteiger partial charge >= 0.3 is 0 Å². The molecule has 2 heterocycles. The van der Waals surface area contributed by atoms with Crippen molar-refractivity contribution in [3.05, 3.63) is 40.4 Å². The predicted molar refractivity (Wildman–Crippen MR) is 102 cm³/mol. The largest absolute Gasteiger partial charge is 0.299 e. The van der Waals surface area contributed by atoms with Gasteiger partial charge in [-0.25, -0.2) is 4.98 Å². The van der Waals surface area contributed by atoms with Crippen molar-refractivity contribution in [3.8, 4) is 0 Å². The van der Waals surface area contributed by atoms with Gasteiger partial charge in [-0.15, -0.1) is 0 Å². The predicted octanol–water partition coefficient (Wildman–Crippen LogP) is 3.89. The maximum atomic E-state index is 12.8. The second-order valence-electron chi connectivity index (χ2n) is 7.83. The molecule has 2 aliphatic rings. The Morgan fingerprint density at radius 1 is 1.12 bits per heavy atom. The summed E-state index contributed by atoms with van der Waals surface area (Å²) < 4.78 is 1.82. The van der Waals surface area contributed by atoms with Crippen LogP contribution in [0.3, 0.4) is 0 Å². The number of piperidine rings is 1. The Balaban J connectivity index is 1.51. The van der Waals surface area contributed by atoms with Crippen molar-refractivity contribution in [2.75, 3.05) is 6.54 Å². The minimum absolute atomic E-state index is 0.108. The van der Waals surface area contributed by atoms with Gasteiger partial charge in [0.05, 0.1) is 17.2 Å². The fourth-order valence-corrected chi connectivity index (χ4v) is 4.83. The number of aryl methyl sites for hydroxylation is 2. The summed E-state index contributed by atoms with van der Waals surface area (Å²) in [6.07, 6.45) is 12.3. The Hall–Kier alpha value is -1.68. The number of rotatable bonds is 4. The van der Waals surface area contributed by atoms with Gasteiger partial charge in [-0.3, -0.25) is 14.3 Å². The molecule has 1 aromatic heterocycles. The summed E-state index contributed by atoms with van der Waals surface area (Å²) in [7, 11) is 0. The van der Waals surface area contributed by atoms with E-state index in [-0.39, 0.29) is 5.56 Å². The smallest absolute Gasteiger partial charge is 0.261 e. The van der Waals surface area contributed by atoms with Crippen LogP contribution in [-0.2, 0) is 6.54 Å². The van der Waals surface area contributed by atoms with Gasteiger partial charge in [0, 0.05) is 18.6 Å². The van der Waals surface area contributed by atoms with Gasteiger partial charge in [0.15, 0.2) is 0 Å². The van der Waals surface area contributed by atoms with Crippen LogP contribution in [0.5, 0.6) is 0 Å². The molecule has 4 heteroatoms. The first kappa shape index (κ1) is 16.8. The summed E-state index contributed by atoms with van der Waals surface area (Å²) in [6.45, 7) is 4.05. The zero-order valence-corrected chi connectivity index (χ0v) is 15.3. The molecule has 134 valence electrons. The zero-order valence-electron chi connectivity index (χ0n) is 15.3.